The number of rotatable bonds is 8. The first-order valence-corrected chi connectivity index (χ1v) is 11.9. The Kier molecular flexibility index (Phi) is 7.97. The minimum absolute atomic E-state index is 0.0301. The standard InChI is InChI=1S/C23H25ClN2O4S/c1-2-17-30-21-7-3-18(4-8-21)11-14-25-23(27)19-12-15-26(16-13-19)31(28,29)22-9-5-20(24)6-10-22/h1,3-10,19H,11-17H2,(H,25,27). The van der Waals surface area contributed by atoms with Gasteiger partial charge in [-0.15, -0.1) is 6.42 Å². The third kappa shape index (κ3) is 6.23. The van der Waals surface area contributed by atoms with Crippen LogP contribution in [0.1, 0.15) is 18.4 Å². The van der Waals surface area contributed by atoms with Gasteiger partial charge < -0.3 is 10.1 Å². The van der Waals surface area contributed by atoms with Gasteiger partial charge in [-0.2, -0.15) is 4.31 Å². The van der Waals surface area contributed by atoms with Crippen molar-refractivity contribution in [2.45, 2.75) is 24.2 Å². The zero-order valence-corrected chi connectivity index (χ0v) is 18.7. The van der Waals surface area contributed by atoms with E-state index in [4.69, 9.17) is 22.8 Å². The first-order valence-electron chi connectivity index (χ1n) is 10.1. The summed E-state index contributed by atoms with van der Waals surface area (Å²) < 4.78 is 32.3. The lowest BCUT2D eigenvalue weighted by atomic mass is 9.97. The highest BCUT2D eigenvalue weighted by molar-refractivity contribution is 7.89. The van der Waals surface area contributed by atoms with Gasteiger partial charge in [0.05, 0.1) is 4.90 Å². The van der Waals surface area contributed by atoms with Crippen LogP contribution < -0.4 is 10.1 Å². The summed E-state index contributed by atoms with van der Waals surface area (Å²) in [6.45, 7) is 1.40. The summed E-state index contributed by atoms with van der Waals surface area (Å²) in [7, 11) is -3.57. The number of terminal acetylenes is 1. The Bertz CT molecular complexity index is 1020. The van der Waals surface area contributed by atoms with Gasteiger partial charge in [0.15, 0.2) is 0 Å². The highest BCUT2D eigenvalue weighted by Gasteiger charge is 2.31. The molecule has 164 valence electrons. The van der Waals surface area contributed by atoms with Crippen molar-refractivity contribution in [1.82, 2.24) is 9.62 Å². The van der Waals surface area contributed by atoms with Gasteiger partial charge in [0.2, 0.25) is 15.9 Å². The summed E-state index contributed by atoms with van der Waals surface area (Å²) >= 11 is 5.84. The molecular formula is C23H25ClN2O4S. The van der Waals surface area contributed by atoms with E-state index in [1.807, 2.05) is 24.3 Å². The predicted octanol–water partition coefficient (Wildman–Crippen LogP) is 3.11. The molecule has 1 aliphatic heterocycles. The van der Waals surface area contributed by atoms with E-state index in [0.717, 1.165) is 5.56 Å². The number of halogens is 1. The lowest BCUT2D eigenvalue weighted by Gasteiger charge is -2.30. The maximum Gasteiger partial charge on any atom is 0.243 e. The Balaban J connectivity index is 1.44. The summed E-state index contributed by atoms with van der Waals surface area (Å²) in [4.78, 5) is 12.7. The second-order valence-electron chi connectivity index (χ2n) is 7.31. The predicted molar refractivity (Wildman–Crippen MR) is 120 cm³/mol. The lowest BCUT2D eigenvalue weighted by molar-refractivity contribution is -0.126. The van der Waals surface area contributed by atoms with E-state index in [9.17, 15) is 13.2 Å². The van der Waals surface area contributed by atoms with Gasteiger partial charge in [-0.3, -0.25) is 4.79 Å². The number of carbonyl (C=O) groups is 1. The van der Waals surface area contributed by atoms with Crippen LogP contribution in [-0.4, -0.2) is 44.9 Å². The van der Waals surface area contributed by atoms with Crippen LogP contribution in [0.3, 0.4) is 0 Å². The van der Waals surface area contributed by atoms with Crippen LogP contribution in [-0.2, 0) is 21.2 Å². The summed E-state index contributed by atoms with van der Waals surface area (Å²) in [5.41, 5.74) is 1.08. The van der Waals surface area contributed by atoms with Gasteiger partial charge in [0.25, 0.3) is 0 Å². The summed E-state index contributed by atoms with van der Waals surface area (Å²) in [6, 6.07) is 13.7. The van der Waals surface area contributed by atoms with Gasteiger partial charge in [0, 0.05) is 30.6 Å². The largest absolute Gasteiger partial charge is 0.481 e. The number of sulfonamides is 1. The Hall–Kier alpha value is -2.53. The van der Waals surface area contributed by atoms with Gasteiger partial charge in [-0.05, 0) is 61.2 Å². The van der Waals surface area contributed by atoms with Crippen molar-refractivity contribution in [2.24, 2.45) is 5.92 Å². The molecule has 3 rings (SSSR count). The Labute approximate surface area is 188 Å². The van der Waals surface area contributed by atoms with E-state index in [1.165, 1.54) is 16.4 Å². The van der Waals surface area contributed by atoms with Gasteiger partial charge in [-0.25, -0.2) is 8.42 Å². The van der Waals surface area contributed by atoms with Gasteiger partial charge >= 0.3 is 0 Å². The molecule has 31 heavy (non-hydrogen) atoms. The molecule has 1 amide bonds. The summed E-state index contributed by atoms with van der Waals surface area (Å²) in [5.74, 6) is 2.92. The van der Waals surface area contributed by atoms with Crippen molar-refractivity contribution < 1.29 is 17.9 Å². The van der Waals surface area contributed by atoms with E-state index in [1.54, 1.807) is 12.1 Å². The van der Waals surface area contributed by atoms with Crippen LogP contribution in [0.2, 0.25) is 5.02 Å². The lowest BCUT2D eigenvalue weighted by Crippen LogP contribution is -2.43. The van der Waals surface area contributed by atoms with Crippen LogP contribution in [0.25, 0.3) is 0 Å². The molecule has 1 saturated heterocycles. The van der Waals surface area contributed by atoms with Crippen LogP contribution in [0, 0.1) is 18.3 Å². The highest BCUT2D eigenvalue weighted by Crippen LogP contribution is 2.25. The smallest absolute Gasteiger partial charge is 0.243 e. The van der Waals surface area contributed by atoms with E-state index in [-0.39, 0.29) is 23.3 Å². The van der Waals surface area contributed by atoms with Crippen molar-refractivity contribution in [3.8, 4) is 18.1 Å². The minimum atomic E-state index is -3.57. The highest BCUT2D eigenvalue weighted by atomic mass is 35.5. The van der Waals surface area contributed by atoms with Crippen molar-refractivity contribution in [2.75, 3.05) is 26.2 Å². The third-order valence-electron chi connectivity index (χ3n) is 5.23. The number of ether oxygens (including phenoxy) is 1. The molecule has 2 aromatic rings. The molecule has 0 aliphatic carbocycles. The summed E-state index contributed by atoms with van der Waals surface area (Å²) in [5, 5.41) is 3.45. The van der Waals surface area contributed by atoms with Crippen LogP contribution >= 0.6 is 11.6 Å². The molecule has 1 fully saturated rings. The zero-order chi connectivity index (χ0) is 22.3. The number of hydrogen-bond donors (Lipinski definition) is 1. The number of amides is 1. The SMILES string of the molecule is C#CCOc1ccc(CCNC(=O)C2CCN(S(=O)(=O)c3ccc(Cl)cc3)CC2)cc1. The number of nitrogens with zero attached hydrogens (tertiary/aromatic N) is 1. The monoisotopic (exact) mass is 460 g/mol. The van der Waals surface area contributed by atoms with E-state index in [2.05, 4.69) is 11.2 Å². The molecule has 8 heteroatoms. The Morgan fingerprint density at radius 1 is 1.13 bits per heavy atom. The molecular weight excluding hydrogens is 436 g/mol. The van der Waals surface area contributed by atoms with E-state index in [0.29, 0.717) is 49.7 Å². The number of carbonyl (C=O) groups excluding carboxylic acids is 1. The summed E-state index contributed by atoms with van der Waals surface area (Å²) in [6.07, 6.45) is 6.87. The average molecular weight is 461 g/mol. The molecule has 1 N–H and O–H groups in total. The first kappa shape index (κ1) is 23.1. The van der Waals surface area contributed by atoms with Crippen LogP contribution in [0.5, 0.6) is 5.75 Å². The normalized spacial score (nSPS) is 15.2. The number of piperidine rings is 1. The molecule has 1 heterocycles. The van der Waals surface area contributed by atoms with E-state index < -0.39 is 10.0 Å². The molecule has 0 radical (unpaired) electrons. The molecule has 6 nitrogen and oxygen atoms in total. The number of hydrogen-bond acceptors (Lipinski definition) is 4. The first-order chi connectivity index (χ1) is 14.9. The van der Waals surface area contributed by atoms with Crippen molar-refractivity contribution in [3.63, 3.8) is 0 Å². The van der Waals surface area contributed by atoms with Crippen molar-refractivity contribution >= 4 is 27.5 Å². The Morgan fingerprint density at radius 3 is 2.39 bits per heavy atom. The minimum Gasteiger partial charge on any atom is -0.481 e. The van der Waals surface area contributed by atoms with Crippen LogP contribution in [0.15, 0.2) is 53.4 Å². The fourth-order valence-corrected chi connectivity index (χ4v) is 5.06. The Morgan fingerprint density at radius 2 is 1.77 bits per heavy atom. The number of benzene rings is 2. The topological polar surface area (TPSA) is 75.7 Å². The average Bonchev–Trinajstić information content (AvgIpc) is 2.79. The van der Waals surface area contributed by atoms with Crippen molar-refractivity contribution in [1.29, 1.82) is 0 Å². The molecule has 0 unspecified atom stereocenters. The third-order valence-corrected chi connectivity index (χ3v) is 7.40. The van der Waals surface area contributed by atoms with Gasteiger partial charge in [-0.1, -0.05) is 29.7 Å². The molecule has 0 saturated carbocycles. The quantitative estimate of drug-likeness (QED) is 0.614. The van der Waals surface area contributed by atoms with E-state index >= 15 is 0 Å². The maximum absolute atomic E-state index is 12.7. The maximum atomic E-state index is 12.7. The molecule has 0 spiro atoms. The number of nitrogens with one attached hydrogen (secondary N) is 1. The fourth-order valence-electron chi connectivity index (χ4n) is 3.47. The zero-order valence-electron chi connectivity index (χ0n) is 17.1. The molecule has 0 atom stereocenters. The second kappa shape index (κ2) is 10.7. The fraction of sp³-hybridized carbons (Fsp3) is 0.348. The molecule has 0 aromatic heterocycles. The van der Waals surface area contributed by atoms with Gasteiger partial charge in [0.1, 0.15) is 12.4 Å². The molecule has 0 bridgehead atoms. The second-order valence-corrected chi connectivity index (χ2v) is 9.68. The molecule has 1 aliphatic rings. The van der Waals surface area contributed by atoms with Crippen LogP contribution in [0.4, 0.5) is 0 Å². The molecule has 2 aromatic carbocycles. The van der Waals surface area contributed by atoms with Crippen molar-refractivity contribution in [3.05, 3.63) is 59.1 Å².